The van der Waals surface area contributed by atoms with Gasteiger partial charge in [0.15, 0.2) is 5.12 Å². The zero-order chi connectivity index (χ0) is 31.5. The third-order valence-corrected chi connectivity index (χ3v) is 9.50. The van der Waals surface area contributed by atoms with Gasteiger partial charge in [0.1, 0.15) is 6.23 Å². The average Bonchev–Trinajstić information content (AvgIpc) is 3.33. The Hall–Kier alpha value is -2.74. The van der Waals surface area contributed by atoms with Crippen molar-refractivity contribution in [2.75, 3.05) is 32.1 Å². The van der Waals surface area contributed by atoms with Crippen LogP contribution in [-0.4, -0.2) is 59.0 Å². The quantitative estimate of drug-likeness (QED) is 0.180. The fourth-order valence-electron chi connectivity index (χ4n) is 4.33. The van der Waals surface area contributed by atoms with Crippen LogP contribution in [-0.2, 0) is 34.4 Å². The van der Waals surface area contributed by atoms with Crippen molar-refractivity contribution in [1.82, 2.24) is 20.0 Å². The largest absolute Gasteiger partial charge is 0.450 e. The SMILES string of the molecule is CCOC(=O)NCCC(C)(C)C(=O)SCCOP(=O)(NCc1ccccc1)OCC1CC(C)C(n2ccc(=O)[nH]c2=O)O1. The van der Waals surface area contributed by atoms with Gasteiger partial charge in [0.2, 0.25) is 0 Å². The third kappa shape index (κ3) is 11.0. The molecular weight excluding hydrogens is 599 g/mol. The molecule has 2 aromatic rings. The summed E-state index contributed by atoms with van der Waals surface area (Å²) in [5.41, 5.74) is -0.906. The highest BCUT2D eigenvalue weighted by Gasteiger charge is 2.36. The van der Waals surface area contributed by atoms with Crippen LogP contribution < -0.4 is 21.7 Å². The highest BCUT2D eigenvalue weighted by atomic mass is 32.2. The third-order valence-electron chi connectivity index (χ3n) is 6.75. The van der Waals surface area contributed by atoms with E-state index in [0.717, 1.165) is 17.3 Å². The monoisotopic (exact) mass is 640 g/mol. The average molecular weight is 641 g/mol. The van der Waals surface area contributed by atoms with E-state index < -0.39 is 42.8 Å². The molecule has 0 bridgehead atoms. The zero-order valence-corrected chi connectivity index (χ0v) is 26.6. The molecule has 1 amide bonds. The lowest BCUT2D eigenvalue weighted by Crippen LogP contribution is -2.33. The summed E-state index contributed by atoms with van der Waals surface area (Å²) in [6.45, 7) is 7.91. The van der Waals surface area contributed by atoms with Crippen molar-refractivity contribution >= 4 is 30.7 Å². The number of nitrogens with one attached hydrogen (secondary N) is 3. The van der Waals surface area contributed by atoms with Crippen LogP contribution in [0.3, 0.4) is 0 Å². The van der Waals surface area contributed by atoms with E-state index in [2.05, 4.69) is 15.4 Å². The Morgan fingerprint density at radius 1 is 1.19 bits per heavy atom. The Morgan fingerprint density at radius 3 is 2.63 bits per heavy atom. The van der Waals surface area contributed by atoms with Gasteiger partial charge < -0.3 is 14.8 Å². The number of ether oxygens (including phenoxy) is 2. The molecule has 3 rings (SSSR count). The number of aromatic amines is 1. The highest BCUT2D eigenvalue weighted by molar-refractivity contribution is 8.13. The summed E-state index contributed by atoms with van der Waals surface area (Å²) in [5.74, 6) is 0.162. The van der Waals surface area contributed by atoms with Crippen LogP contribution in [0.1, 0.15) is 52.3 Å². The molecule has 0 aliphatic carbocycles. The van der Waals surface area contributed by atoms with Crippen molar-refractivity contribution < 1.29 is 32.7 Å². The molecule has 13 nitrogen and oxygen atoms in total. The minimum absolute atomic E-state index is 0.0239. The van der Waals surface area contributed by atoms with Crippen LogP contribution in [0.4, 0.5) is 4.79 Å². The van der Waals surface area contributed by atoms with Crippen LogP contribution in [0.2, 0.25) is 0 Å². The normalized spacial score (nSPS) is 20.0. The first-order valence-corrected chi connectivity index (χ1v) is 16.7. The number of benzene rings is 1. The molecule has 4 atom stereocenters. The molecule has 1 aliphatic rings. The predicted octanol–water partition coefficient (Wildman–Crippen LogP) is 3.81. The van der Waals surface area contributed by atoms with Gasteiger partial charge >= 0.3 is 19.5 Å². The topological polar surface area (TPSA) is 167 Å². The first-order chi connectivity index (χ1) is 20.4. The standard InChI is InChI=1S/C28H41N4O9PS/c1-5-38-27(36)29-13-12-28(3,4)25(34)43-16-15-39-42(37,30-18-21-9-7-6-8-10-21)40-19-22-17-20(2)24(41-22)32-14-11-23(33)31-26(32)35/h6-11,14,20,22,24H,5,12-13,15-19H2,1-4H3,(H,29,36)(H,30,37)(H,31,33,35). The van der Waals surface area contributed by atoms with Crippen molar-refractivity contribution in [3.8, 4) is 0 Å². The van der Waals surface area contributed by atoms with Crippen LogP contribution in [0, 0.1) is 11.3 Å². The van der Waals surface area contributed by atoms with Gasteiger partial charge in [0.25, 0.3) is 5.56 Å². The lowest BCUT2D eigenvalue weighted by Gasteiger charge is -2.23. The molecule has 0 saturated carbocycles. The van der Waals surface area contributed by atoms with Gasteiger partial charge in [-0.05, 0) is 25.3 Å². The second kappa shape index (κ2) is 16.4. The fraction of sp³-hybridized carbons (Fsp3) is 0.571. The number of rotatable bonds is 16. The molecule has 1 aromatic carbocycles. The van der Waals surface area contributed by atoms with Gasteiger partial charge in [-0.25, -0.2) is 19.2 Å². The number of carbonyl (C=O) groups is 2. The first-order valence-electron chi connectivity index (χ1n) is 14.2. The van der Waals surface area contributed by atoms with Crippen LogP contribution in [0.15, 0.2) is 52.2 Å². The van der Waals surface area contributed by atoms with Gasteiger partial charge in [-0.3, -0.25) is 28.2 Å². The Kier molecular flexibility index (Phi) is 13.2. The summed E-state index contributed by atoms with van der Waals surface area (Å²) < 4.78 is 37.4. The number of H-pyrrole nitrogens is 1. The molecule has 0 spiro atoms. The second-order valence-electron chi connectivity index (χ2n) is 10.7. The van der Waals surface area contributed by atoms with Crippen molar-refractivity contribution in [1.29, 1.82) is 0 Å². The van der Waals surface area contributed by atoms with Crippen molar-refractivity contribution in [3.05, 3.63) is 69.0 Å². The first kappa shape index (κ1) is 34.7. The molecule has 1 aliphatic heterocycles. The number of carbonyl (C=O) groups excluding carboxylic acids is 2. The van der Waals surface area contributed by atoms with Crippen molar-refractivity contribution in [3.63, 3.8) is 0 Å². The molecule has 1 saturated heterocycles. The minimum Gasteiger partial charge on any atom is -0.450 e. The maximum absolute atomic E-state index is 13.7. The van der Waals surface area contributed by atoms with E-state index >= 15 is 0 Å². The van der Waals surface area contributed by atoms with E-state index in [-0.39, 0.29) is 43.2 Å². The molecule has 4 unspecified atom stereocenters. The number of aromatic nitrogens is 2. The Labute approximate surface area is 255 Å². The minimum atomic E-state index is -3.83. The van der Waals surface area contributed by atoms with Gasteiger partial charge in [-0.2, -0.15) is 0 Å². The summed E-state index contributed by atoms with van der Waals surface area (Å²) in [5, 5.41) is 5.41. The number of thioether (sulfide) groups is 1. The highest BCUT2D eigenvalue weighted by Crippen LogP contribution is 2.46. The molecule has 238 valence electrons. The van der Waals surface area contributed by atoms with Gasteiger partial charge in [-0.1, -0.05) is 62.9 Å². The maximum Gasteiger partial charge on any atom is 0.407 e. The Balaban J connectivity index is 1.54. The van der Waals surface area contributed by atoms with Gasteiger partial charge in [0, 0.05) is 42.4 Å². The van der Waals surface area contributed by atoms with E-state index in [9.17, 15) is 23.7 Å². The van der Waals surface area contributed by atoms with E-state index in [1.807, 2.05) is 37.3 Å². The van der Waals surface area contributed by atoms with Gasteiger partial charge in [0.05, 0.1) is 25.9 Å². The summed E-state index contributed by atoms with van der Waals surface area (Å²) in [7, 11) is -3.83. The molecule has 1 aromatic heterocycles. The molecule has 1 fully saturated rings. The number of alkyl carbamates (subject to hydrolysis) is 1. The predicted molar refractivity (Wildman–Crippen MR) is 163 cm³/mol. The number of hydrogen-bond donors (Lipinski definition) is 3. The number of hydrogen-bond acceptors (Lipinski definition) is 10. The maximum atomic E-state index is 13.7. The van der Waals surface area contributed by atoms with Crippen molar-refractivity contribution in [2.45, 2.75) is 59.4 Å². The number of amides is 1. The summed E-state index contributed by atoms with van der Waals surface area (Å²) in [6.07, 6.45) is 0.717. The lowest BCUT2D eigenvalue weighted by molar-refractivity contribution is -0.118. The molecular formula is C28H41N4O9PS. The summed E-state index contributed by atoms with van der Waals surface area (Å²) >= 11 is 1.06. The van der Waals surface area contributed by atoms with E-state index in [1.165, 1.54) is 16.8 Å². The zero-order valence-electron chi connectivity index (χ0n) is 24.9. The molecule has 15 heteroatoms. The number of nitrogens with zero attached hydrogens (tertiary/aromatic N) is 1. The van der Waals surface area contributed by atoms with Crippen LogP contribution in [0.5, 0.6) is 0 Å². The van der Waals surface area contributed by atoms with Crippen molar-refractivity contribution in [2.24, 2.45) is 11.3 Å². The van der Waals surface area contributed by atoms with Crippen LogP contribution in [0.25, 0.3) is 0 Å². The summed E-state index contributed by atoms with van der Waals surface area (Å²) in [6, 6.07) is 10.6. The molecule has 0 radical (unpaired) electrons. The van der Waals surface area contributed by atoms with E-state index in [4.69, 9.17) is 18.5 Å². The molecule has 3 N–H and O–H groups in total. The second-order valence-corrected chi connectivity index (χ2v) is 13.6. The molecule has 43 heavy (non-hydrogen) atoms. The fourth-order valence-corrected chi connectivity index (χ4v) is 6.63. The van der Waals surface area contributed by atoms with E-state index in [0.29, 0.717) is 19.4 Å². The lowest BCUT2D eigenvalue weighted by atomic mass is 9.91. The smallest absolute Gasteiger partial charge is 0.407 e. The Bertz CT molecular complexity index is 1370. The van der Waals surface area contributed by atoms with E-state index in [1.54, 1.807) is 20.8 Å². The summed E-state index contributed by atoms with van der Waals surface area (Å²) in [4.78, 5) is 50.2. The Morgan fingerprint density at radius 2 is 1.93 bits per heavy atom. The molecule has 2 heterocycles. The van der Waals surface area contributed by atoms with Crippen LogP contribution >= 0.6 is 19.5 Å². The van der Waals surface area contributed by atoms with Gasteiger partial charge in [-0.15, -0.1) is 0 Å².